The molecule has 1 fully saturated rings. The van der Waals surface area contributed by atoms with Gasteiger partial charge in [-0.05, 0) is 18.2 Å². The summed E-state index contributed by atoms with van der Waals surface area (Å²) in [5.41, 5.74) is 5.68. The predicted molar refractivity (Wildman–Crippen MR) is 112 cm³/mol. The highest BCUT2D eigenvalue weighted by atomic mass is 32.2. The number of nitrogens with one attached hydrogen (secondary N) is 3. The van der Waals surface area contributed by atoms with E-state index in [2.05, 4.69) is 15.3 Å². The van der Waals surface area contributed by atoms with E-state index in [-0.39, 0.29) is 11.5 Å². The van der Waals surface area contributed by atoms with Crippen LogP contribution in [0.2, 0.25) is 0 Å². The van der Waals surface area contributed by atoms with Crippen LogP contribution in [0.15, 0.2) is 28.2 Å². The van der Waals surface area contributed by atoms with Gasteiger partial charge >= 0.3 is 0 Å². The smallest absolute Gasteiger partial charge is 0.277 e. The number of aromatic nitrogens is 2. The van der Waals surface area contributed by atoms with Crippen molar-refractivity contribution in [2.75, 3.05) is 50.7 Å². The van der Waals surface area contributed by atoms with Crippen molar-refractivity contribution in [3.63, 3.8) is 0 Å². The Morgan fingerprint density at radius 1 is 1.28 bits per heavy atom. The Balaban J connectivity index is 1.67. The third-order valence-corrected chi connectivity index (χ3v) is 5.69. The number of methoxy groups -OCH3 is 2. The van der Waals surface area contributed by atoms with E-state index < -0.39 is 11.5 Å². The lowest BCUT2D eigenvalue weighted by Gasteiger charge is -2.12. The van der Waals surface area contributed by atoms with Crippen molar-refractivity contribution in [3.8, 4) is 11.5 Å². The summed E-state index contributed by atoms with van der Waals surface area (Å²) >= 11 is 1.46. The standard InChI is InChI=1S/C19H25N5O4S/c1-27-13-6-5-12(11-14(13)28-2)17(25)21-15-16(20)22-19(23-18(15)26)29-10-9-24-7-3-4-8-24/h5-6,11H,3-4,7-10H2,1-2H3,(H,21,25)(H3,20,22,23,26)/p+1. The second kappa shape index (κ2) is 9.66. The Labute approximate surface area is 173 Å². The van der Waals surface area contributed by atoms with Crippen molar-refractivity contribution in [2.45, 2.75) is 18.0 Å². The number of nitrogens with zero attached hydrogens (tertiary/aromatic N) is 1. The maximum Gasteiger partial charge on any atom is 0.277 e. The molecule has 0 atom stereocenters. The van der Waals surface area contributed by atoms with Crippen molar-refractivity contribution in [2.24, 2.45) is 0 Å². The lowest BCUT2D eigenvalue weighted by atomic mass is 10.2. The van der Waals surface area contributed by atoms with Crippen LogP contribution in [0.25, 0.3) is 0 Å². The van der Waals surface area contributed by atoms with Crippen molar-refractivity contribution in [1.29, 1.82) is 0 Å². The van der Waals surface area contributed by atoms with Gasteiger partial charge < -0.3 is 25.4 Å². The quantitative estimate of drug-likeness (QED) is 0.360. The first-order valence-electron chi connectivity index (χ1n) is 9.41. The second-order valence-corrected chi connectivity index (χ2v) is 7.79. The number of thioether (sulfide) groups is 1. The number of hydrogen-bond donors (Lipinski definition) is 4. The van der Waals surface area contributed by atoms with Gasteiger partial charge in [0.25, 0.3) is 11.5 Å². The highest BCUT2D eigenvalue weighted by molar-refractivity contribution is 7.99. The van der Waals surface area contributed by atoms with Gasteiger partial charge in [0.15, 0.2) is 22.5 Å². The molecule has 0 bridgehead atoms. The number of H-pyrrole nitrogens is 1. The second-order valence-electron chi connectivity index (χ2n) is 6.71. The number of anilines is 2. The summed E-state index contributed by atoms with van der Waals surface area (Å²) in [5.74, 6) is 1.24. The Hall–Kier alpha value is -2.72. The molecule has 10 heteroatoms. The van der Waals surface area contributed by atoms with E-state index in [0.29, 0.717) is 22.2 Å². The van der Waals surface area contributed by atoms with Crippen LogP contribution in [0.5, 0.6) is 11.5 Å². The fraction of sp³-hybridized carbons (Fsp3) is 0.421. The molecule has 2 aromatic rings. The molecule has 0 saturated carbocycles. The van der Waals surface area contributed by atoms with E-state index in [0.717, 1.165) is 12.3 Å². The molecule has 29 heavy (non-hydrogen) atoms. The van der Waals surface area contributed by atoms with Crippen molar-refractivity contribution in [1.82, 2.24) is 9.97 Å². The third kappa shape index (κ3) is 5.21. The van der Waals surface area contributed by atoms with E-state index in [4.69, 9.17) is 15.2 Å². The summed E-state index contributed by atoms with van der Waals surface area (Å²) in [6, 6.07) is 4.71. The van der Waals surface area contributed by atoms with Gasteiger partial charge in [0, 0.05) is 18.4 Å². The molecule has 0 spiro atoms. The van der Waals surface area contributed by atoms with Crippen LogP contribution in [0.1, 0.15) is 23.2 Å². The SMILES string of the molecule is COc1ccc(C(=O)Nc2c(N)nc(SCC[NH+]3CCCC3)[nH]c2=O)cc1OC. The van der Waals surface area contributed by atoms with Crippen molar-refractivity contribution >= 4 is 29.2 Å². The van der Waals surface area contributed by atoms with Gasteiger partial charge in [0.05, 0.1) is 39.6 Å². The number of ether oxygens (including phenoxy) is 2. The molecule has 3 rings (SSSR count). The summed E-state index contributed by atoms with van der Waals surface area (Å²) in [6.45, 7) is 3.42. The number of benzene rings is 1. The fourth-order valence-corrected chi connectivity index (χ4v) is 4.15. The molecule has 1 aromatic carbocycles. The van der Waals surface area contributed by atoms with Crippen molar-refractivity contribution < 1.29 is 19.2 Å². The van der Waals surface area contributed by atoms with Gasteiger partial charge in [0.2, 0.25) is 0 Å². The third-order valence-electron chi connectivity index (χ3n) is 4.81. The number of nitrogens with two attached hydrogens (primary N) is 1. The maximum absolute atomic E-state index is 12.5. The minimum absolute atomic E-state index is 0.0152. The number of carbonyl (C=O) groups is 1. The number of amides is 1. The average Bonchev–Trinajstić information content (AvgIpc) is 3.23. The molecule has 1 aliphatic rings. The summed E-state index contributed by atoms with van der Waals surface area (Å²) in [4.78, 5) is 33.4. The molecule has 0 aliphatic carbocycles. The number of aromatic amines is 1. The maximum atomic E-state index is 12.5. The fourth-order valence-electron chi connectivity index (χ4n) is 3.24. The first-order valence-corrected chi connectivity index (χ1v) is 10.4. The van der Waals surface area contributed by atoms with Crippen LogP contribution in [-0.4, -0.2) is 55.5 Å². The monoisotopic (exact) mass is 420 g/mol. The first kappa shape index (κ1) is 21.0. The van der Waals surface area contributed by atoms with Gasteiger partial charge in [-0.3, -0.25) is 14.6 Å². The summed E-state index contributed by atoms with van der Waals surface area (Å²) in [7, 11) is 2.99. The van der Waals surface area contributed by atoms with E-state index in [1.165, 1.54) is 58.0 Å². The molecule has 9 nitrogen and oxygen atoms in total. The Morgan fingerprint density at radius 3 is 2.66 bits per heavy atom. The number of nitrogen functional groups attached to an aromatic ring is 1. The molecular weight excluding hydrogens is 394 g/mol. The zero-order valence-corrected chi connectivity index (χ0v) is 17.4. The van der Waals surface area contributed by atoms with Gasteiger partial charge in [-0.1, -0.05) is 11.8 Å². The highest BCUT2D eigenvalue weighted by Crippen LogP contribution is 2.28. The molecule has 156 valence electrons. The molecular formula is C19H26N5O4S+. The Bertz CT molecular complexity index is 927. The zero-order valence-electron chi connectivity index (χ0n) is 16.5. The summed E-state index contributed by atoms with van der Waals surface area (Å²) in [6.07, 6.45) is 2.55. The van der Waals surface area contributed by atoms with Crippen LogP contribution in [0.4, 0.5) is 11.5 Å². The first-order chi connectivity index (χ1) is 14.0. The minimum Gasteiger partial charge on any atom is -0.493 e. The zero-order chi connectivity index (χ0) is 20.8. The van der Waals surface area contributed by atoms with Crippen LogP contribution in [0, 0.1) is 0 Å². The Morgan fingerprint density at radius 2 is 2.00 bits per heavy atom. The number of carbonyl (C=O) groups excluding carboxylic acids is 1. The van der Waals surface area contributed by atoms with Crippen LogP contribution in [0.3, 0.4) is 0 Å². The van der Waals surface area contributed by atoms with Crippen LogP contribution < -0.4 is 31.0 Å². The predicted octanol–water partition coefficient (Wildman–Crippen LogP) is 0.392. The van der Waals surface area contributed by atoms with Gasteiger partial charge in [-0.15, -0.1) is 0 Å². The van der Waals surface area contributed by atoms with E-state index >= 15 is 0 Å². The lowest BCUT2D eigenvalue weighted by Crippen LogP contribution is -3.10. The highest BCUT2D eigenvalue weighted by Gasteiger charge is 2.17. The number of likely N-dealkylation sites (tertiary alicyclic amines) is 1. The summed E-state index contributed by atoms with van der Waals surface area (Å²) in [5, 5.41) is 2.99. The number of quaternary nitrogens is 1. The van der Waals surface area contributed by atoms with Crippen molar-refractivity contribution in [3.05, 3.63) is 34.1 Å². The molecule has 1 amide bonds. The largest absolute Gasteiger partial charge is 0.493 e. The van der Waals surface area contributed by atoms with E-state index in [1.807, 2.05) is 0 Å². The molecule has 2 heterocycles. The lowest BCUT2D eigenvalue weighted by molar-refractivity contribution is -0.884. The molecule has 1 aliphatic heterocycles. The van der Waals surface area contributed by atoms with Crippen LogP contribution in [-0.2, 0) is 0 Å². The average molecular weight is 421 g/mol. The minimum atomic E-state index is -0.497. The number of hydrogen-bond acceptors (Lipinski definition) is 7. The number of rotatable bonds is 8. The molecule has 5 N–H and O–H groups in total. The topological polar surface area (TPSA) is 124 Å². The molecule has 0 unspecified atom stereocenters. The molecule has 1 saturated heterocycles. The molecule has 0 radical (unpaired) electrons. The Kier molecular flexibility index (Phi) is 6.99. The van der Waals surface area contributed by atoms with Gasteiger partial charge in [-0.25, -0.2) is 4.98 Å². The van der Waals surface area contributed by atoms with Gasteiger partial charge in [-0.2, -0.15) is 0 Å². The van der Waals surface area contributed by atoms with Crippen LogP contribution >= 0.6 is 11.8 Å². The normalized spacial score (nSPS) is 14.0. The van der Waals surface area contributed by atoms with E-state index in [1.54, 1.807) is 17.0 Å². The van der Waals surface area contributed by atoms with E-state index in [9.17, 15) is 9.59 Å². The summed E-state index contributed by atoms with van der Waals surface area (Å²) < 4.78 is 10.4. The molecule has 1 aromatic heterocycles. The van der Waals surface area contributed by atoms with Gasteiger partial charge in [0.1, 0.15) is 5.69 Å².